The largest absolute Gasteiger partial charge is 0.390 e. The first kappa shape index (κ1) is 23.5. The van der Waals surface area contributed by atoms with Crippen LogP contribution in [0.15, 0.2) is 11.6 Å². The molecule has 9 atom stereocenters. The highest BCUT2D eigenvalue weighted by atomic mass is 16.3. The Labute approximate surface area is 197 Å². The third kappa shape index (κ3) is 3.16. The fourth-order valence-electron chi connectivity index (χ4n) is 8.68. The maximum Gasteiger partial charge on any atom is 0.222 e. The zero-order valence-electron chi connectivity index (χ0n) is 20.6. The van der Waals surface area contributed by atoms with Gasteiger partial charge in [0.2, 0.25) is 5.91 Å². The molecule has 0 bridgehead atoms. The lowest BCUT2D eigenvalue weighted by molar-refractivity contribution is -0.154. The lowest BCUT2D eigenvalue weighted by atomic mass is 9.46. The Kier molecular flexibility index (Phi) is 5.43. The van der Waals surface area contributed by atoms with Crippen LogP contribution in [-0.4, -0.2) is 61.8 Å². The summed E-state index contributed by atoms with van der Waals surface area (Å²) in [7, 11) is 0. The van der Waals surface area contributed by atoms with Gasteiger partial charge in [-0.25, -0.2) is 0 Å². The van der Waals surface area contributed by atoms with E-state index in [0.29, 0.717) is 31.7 Å². The van der Waals surface area contributed by atoms with Gasteiger partial charge in [0.1, 0.15) is 0 Å². The summed E-state index contributed by atoms with van der Waals surface area (Å²) in [5.74, 6) is 0.104. The first-order valence-corrected chi connectivity index (χ1v) is 13.1. The Hall–Kier alpha value is -1.24. The molecule has 1 amide bonds. The van der Waals surface area contributed by atoms with Crippen LogP contribution in [0.25, 0.3) is 0 Å². The van der Waals surface area contributed by atoms with E-state index in [4.69, 9.17) is 0 Å². The number of aliphatic hydroxyl groups excluding tert-OH is 2. The fraction of sp³-hybridized carbons (Fsp3) is 0.852. The number of carbonyl (C=O) groups excluding carboxylic acids is 2. The summed E-state index contributed by atoms with van der Waals surface area (Å²) in [5, 5.41) is 33.1. The third-order valence-corrected chi connectivity index (χ3v) is 10.7. The number of aliphatic hydroxyl groups is 3. The highest BCUT2D eigenvalue weighted by molar-refractivity contribution is 5.95. The van der Waals surface area contributed by atoms with Gasteiger partial charge in [0.15, 0.2) is 5.78 Å². The van der Waals surface area contributed by atoms with Crippen LogP contribution in [0.3, 0.4) is 0 Å². The third-order valence-electron chi connectivity index (χ3n) is 10.7. The summed E-state index contributed by atoms with van der Waals surface area (Å²) in [6, 6.07) is 0.404. The number of nitrogens with zero attached hydrogens (tertiary/aromatic N) is 1. The van der Waals surface area contributed by atoms with Crippen LogP contribution in [0.1, 0.15) is 85.5 Å². The van der Waals surface area contributed by atoms with Gasteiger partial charge in [-0.15, -0.1) is 0 Å². The summed E-state index contributed by atoms with van der Waals surface area (Å²) < 4.78 is 0. The molecule has 6 nitrogen and oxygen atoms in total. The highest BCUT2D eigenvalue weighted by Gasteiger charge is 2.67. The molecule has 4 fully saturated rings. The average molecular weight is 460 g/mol. The van der Waals surface area contributed by atoms with E-state index in [9.17, 15) is 24.9 Å². The molecule has 184 valence electrons. The van der Waals surface area contributed by atoms with Gasteiger partial charge >= 0.3 is 0 Å². The van der Waals surface area contributed by atoms with Gasteiger partial charge in [-0.3, -0.25) is 9.59 Å². The molecule has 0 radical (unpaired) electrons. The highest BCUT2D eigenvalue weighted by Crippen LogP contribution is 2.67. The van der Waals surface area contributed by atoms with Gasteiger partial charge in [-0.1, -0.05) is 20.8 Å². The molecular formula is C27H41NO5. The van der Waals surface area contributed by atoms with Crippen molar-refractivity contribution in [2.75, 3.05) is 0 Å². The number of rotatable bonds is 4. The van der Waals surface area contributed by atoms with Crippen LogP contribution in [0.2, 0.25) is 0 Å². The molecule has 5 aliphatic rings. The fourth-order valence-corrected chi connectivity index (χ4v) is 8.68. The topological polar surface area (TPSA) is 98.1 Å². The molecule has 3 N–H and O–H groups in total. The standard InChI is InChI=1S/C27H41NO5/c1-5-24(32)28(16-6-7-16)15(2)17-9-11-27(33)19-12-21(29)20-13-22(30)23(31)14-25(20,3)18(19)8-10-26(17,27)4/h12,15-18,20,22-23,30-31,33H,5-11,13-14H2,1-4H3/t15?,17?,18?,20?,22-,23?,25?,26?,27-/m1/s1. The zero-order valence-corrected chi connectivity index (χ0v) is 20.6. The van der Waals surface area contributed by atoms with Crippen LogP contribution >= 0.6 is 0 Å². The molecule has 0 spiro atoms. The van der Waals surface area contributed by atoms with Crippen molar-refractivity contribution < 1.29 is 24.9 Å². The van der Waals surface area contributed by atoms with E-state index >= 15 is 0 Å². The second-order valence-electron chi connectivity index (χ2n) is 12.3. The zero-order chi connectivity index (χ0) is 23.9. The molecule has 6 heteroatoms. The normalized spacial score (nSPS) is 47.8. The summed E-state index contributed by atoms with van der Waals surface area (Å²) in [5.41, 5.74) is -1.05. The summed E-state index contributed by atoms with van der Waals surface area (Å²) >= 11 is 0. The van der Waals surface area contributed by atoms with Crippen molar-refractivity contribution in [1.29, 1.82) is 0 Å². The molecule has 7 unspecified atom stereocenters. The van der Waals surface area contributed by atoms with Gasteiger partial charge in [0, 0.05) is 29.8 Å². The summed E-state index contributed by atoms with van der Waals surface area (Å²) in [4.78, 5) is 28.2. The van der Waals surface area contributed by atoms with Crippen molar-refractivity contribution in [2.24, 2.45) is 28.6 Å². The monoisotopic (exact) mass is 459 g/mol. The number of ketones is 1. The molecular weight excluding hydrogens is 418 g/mol. The number of carbonyl (C=O) groups is 2. The second kappa shape index (κ2) is 7.63. The molecule has 0 aliphatic heterocycles. The maximum atomic E-state index is 13.3. The number of fused-ring (bicyclic) bond motifs is 5. The lowest BCUT2D eigenvalue weighted by Crippen LogP contribution is -2.61. The van der Waals surface area contributed by atoms with Crippen LogP contribution < -0.4 is 0 Å². The van der Waals surface area contributed by atoms with E-state index in [2.05, 4.69) is 25.7 Å². The second-order valence-corrected chi connectivity index (χ2v) is 12.3. The quantitative estimate of drug-likeness (QED) is 0.600. The Morgan fingerprint density at radius 1 is 1.12 bits per heavy atom. The van der Waals surface area contributed by atoms with Crippen molar-refractivity contribution >= 4 is 11.7 Å². The average Bonchev–Trinajstić information content (AvgIpc) is 3.54. The van der Waals surface area contributed by atoms with Gasteiger partial charge in [0.25, 0.3) is 0 Å². The molecule has 33 heavy (non-hydrogen) atoms. The lowest BCUT2D eigenvalue weighted by Gasteiger charge is -2.60. The van der Waals surface area contributed by atoms with Crippen molar-refractivity contribution in [1.82, 2.24) is 4.90 Å². The minimum Gasteiger partial charge on any atom is -0.390 e. The van der Waals surface area contributed by atoms with Gasteiger partial charge in [0.05, 0.1) is 17.8 Å². The number of amides is 1. The van der Waals surface area contributed by atoms with E-state index in [1.807, 2.05) is 6.92 Å². The molecule has 5 aliphatic carbocycles. The first-order chi connectivity index (χ1) is 15.5. The van der Waals surface area contributed by atoms with Crippen molar-refractivity contribution in [3.05, 3.63) is 11.6 Å². The van der Waals surface area contributed by atoms with E-state index < -0.39 is 28.6 Å². The molecule has 5 rings (SSSR count). The van der Waals surface area contributed by atoms with Crippen molar-refractivity contribution in [3.8, 4) is 0 Å². The molecule has 0 aromatic carbocycles. The van der Waals surface area contributed by atoms with E-state index in [0.717, 1.165) is 37.7 Å². The molecule has 0 heterocycles. The smallest absolute Gasteiger partial charge is 0.222 e. The van der Waals surface area contributed by atoms with E-state index in [-0.39, 0.29) is 35.5 Å². The van der Waals surface area contributed by atoms with E-state index in [1.165, 1.54) is 0 Å². The molecule has 0 aromatic heterocycles. The first-order valence-electron chi connectivity index (χ1n) is 13.1. The minimum atomic E-state index is -1.07. The maximum absolute atomic E-state index is 13.3. The molecule has 0 saturated heterocycles. The number of allylic oxidation sites excluding steroid dienone is 1. The van der Waals surface area contributed by atoms with Crippen molar-refractivity contribution in [2.45, 2.75) is 115 Å². The van der Waals surface area contributed by atoms with Gasteiger partial charge < -0.3 is 20.2 Å². The molecule has 4 saturated carbocycles. The summed E-state index contributed by atoms with van der Waals surface area (Å²) in [6.45, 7) is 8.35. The van der Waals surface area contributed by atoms with Gasteiger partial charge in [-0.2, -0.15) is 0 Å². The van der Waals surface area contributed by atoms with E-state index in [1.54, 1.807) is 6.08 Å². The Balaban J connectivity index is 1.50. The summed E-state index contributed by atoms with van der Waals surface area (Å²) in [6.07, 6.45) is 6.50. The van der Waals surface area contributed by atoms with Crippen LogP contribution in [0.5, 0.6) is 0 Å². The SMILES string of the molecule is CCC(=O)N(C1CC1)C(C)C1CC[C@@]2(O)C3=CC(=O)C4C[C@@H](O)C(O)CC4(C)C3CCC12C. The van der Waals surface area contributed by atoms with Crippen LogP contribution in [-0.2, 0) is 9.59 Å². The Morgan fingerprint density at radius 3 is 2.45 bits per heavy atom. The van der Waals surface area contributed by atoms with Crippen LogP contribution in [0.4, 0.5) is 0 Å². The van der Waals surface area contributed by atoms with Gasteiger partial charge in [-0.05, 0) is 87.2 Å². The number of hydrogen-bond acceptors (Lipinski definition) is 5. The Bertz CT molecular complexity index is 882. The van der Waals surface area contributed by atoms with Crippen molar-refractivity contribution in [3.63, 3.8) is 0 Å². The Morgan fingerprint density at radius 2 is 1.82 bits per heavy atom. The minimum absolute atomic E-state index is 0.00959. The number of hydrogen-bond donors (Lipinski definition) is 3. The predicted molar refractivity (Wildman–Crippen MR) is 124 cm³/mol. The molecule has 0 aromatic rings. The van der Waals surface area contributed by atoms with Crippen LogP contribution in [0, 0.1) is 28.6 Å². The predicted octanol–water partition coefficient (Wildman–Crippen LogP) is 2.98.